The number of nitrogens with zero attached hydrogens (tertiary/aromatic N) is 1. The van der Waals surface area contributed by atoms with E-state index in [-0.39, 0.29) is 0 Å². The molecule has 2 aliphatic heterocycles. The van der Waals surface area contributed by atoms with Crippen LogP contribution in [0.25, 0.3) is 0 Å². The Bertz CT molecular complexity index is 239. The van der Waals surface area contributed by atoms with Crippen molar-refractivity contribution in [2.75, 3.05) is 13.1 Å². The average Bonchev–Trinajstić information content (AvgIpc) is 2.25. The molecule has 0 saturated carbocycles. The molecule has 2 saturated heterocycles. The van der Waals surface area contributed by atoms with Gasteiger partial charge in [-0.25, -0.2) is 0 Å². The van der Waals surface area contributed by atoms with Crippen LogP contribution in [0.5, 0.6) is 0 Å². The van der Waals surface area contributed by atoms with Crippen molar-refractivity contribution in [2.45, 2.75) is 77.9 Å². The van der Waals surface area contributed by atoms with Crippen molar-refractivity contribution >= 4 is 0 Å². The molecule has 2 heteroatoms. The Labute approximate surface area is 107 Å². The molecule has 2 rings (SSSR count). The maximum Gasteiger partial charge on any atom is 0.0246 e. The summed E-state index contributed by atoms with van der Waals surface area (Å²) < 4.78 is 0. The minimum atomic E-state index is 0.467. The lowest BCUT2D eigenvalue weighted by Crippen LogP contribution is -2.56. The maximum absolute atomic E-state index is 3.76. The molecule has 2 heterocycles. The largest absolute Gasteiger partial charge is 0.312 e. The third kappa shape index (κ3) is 3.03. The predicted molar refractivity (Wildman–Crippen MR) is 74.3 cm³/mol. The Balaban J connectivity index is 1.98. The molecule has 2 fully saturated rings. The van der Waals surface area contributed by atoms with Gasteiger partial charge in [-0.15, -0.1) is 0 Å². The summed E-state index contributed by atoms with van der Waals surface area (Å²) >= 11 is 0. The molecule has 2 aliphatic rings. The molecule has 0 aromatic heterocycles. The molecule has 100 valence electrons. The monoisotopic (exact) mass is 238 g/mol. The fraction of sp³-hybridized carbons (Fsp3) is 1.00. The van der Waals surface area contributed by atoms with Crippen molar-refractivity contribution in [3.8, 4) is 0 Å². The van der Waals surface area contributed by atoms with Gasteiger partial charge in [0.05, 0.1) is 0 Å². The first kappa shape index (κ1) is 13.4. The Morgan fingerprint density at radius 2 is 1.76 bits per heavy atom. The summed E-state index contributed by atoms with van der Waals surface area (Å²) in [6, 6.07) is 2.23. The summed E-state index contributed by atoms with van der Waals surface area (Å²) in [5.74, 6) is 0. The Morgan fingerprint density at radius 1 is 1.12 bits per heavy atom. The molecule has 2 nitrogen and oxygen atoms in total. The van der Waals surface area contributed by atoms with Crippen LogP contribution in [0.4, 0.5) is 0 Å². The van der Waals surface area contributed by atoms with Gasteiger partial charge in [0.25, 0.3) is 0 Å². The highest BCUT2D eigenvalue weighted by molar-refractivity contribution is 4.93. The van der Waals surface area contributed by atoms with Crippen LogP contribution in [0.3, 0.4) is 0 Å². The van der Waals surface area contributed by atoms with E-state index in [1.807, 2.05) is 0 Å². The summed E-state index contributed by atoms with van der Waals surface area (Å²) in [6.45, 7) is 12.1. The zero-order valence-electron chi connectivity index (χ0n) is 12.1. The van der Waals surface area contributed by atoms with Crippen LogP contribution in [0.15, 0.2) is 0 Å². The second-order valence-electron chi connectivity index (χ2n) is 6.92. The van der Waals surface area contributed by atoms with Gasteiger partial charge in [0.15, 0.2) is 0 Å². The summed E-state index contributed by atoms with van der Waals surface area (Å²) in [7, 11) is 0. The quantitative estimate of drug-likeness (QED) is 0.795. The van der Waals surface area contributed by atoms with Crippen LogP contribution in [0.1, 0.15) is 59.8 Å². The van der Waals surface area contributed by atoms with Crippen molar-refractivity contribution in [3.05, 3.63) is 0 Å². The van der Waals surface area contributed by atoms with Gasteiger partial charge >= 0.3 is 0 Å². The maximum atomic E-state index is 3.76. The standard InChI is InChI=1S/C15H30N2/c1-12-7-5-8-13(2)17(12)11-14-15(3,4)9-6-10-16-14/h12-14,16H,5-11H2,1-4H3/t12-,13+,14?. The van der Waals surface area contributed by atoms with Crippen molar-refractivity contribution in [2.24, 2.45) is 5.41 Å². The molecule has 3 atom stereocenters. The third-order valence-electron chi connectivity index (χ3n) is 5.10. The number of hydrogen-bond donors (Lipinski definition) is 1. The van der Waals surface area contributed by atoms with E-state index in [1.165, 1.54) is 45.2 Å². The van der Waals surface area contributed by atoms with Gasteiger partial charge in [-0.2, -0.15) is 0 Å². The highest BCUT2D eigenvalue weighted by atomic mass is 15.2. The van der Waals surface area contributed by atoms with E-state index in [4.69, 9.17) is 0 Å². The predicted octanol–water partition coefficient (Wildman–Crippen LogP) is 3.03. The fourth-order valence-electron chi connectivity index (χ4n) is 3.63. The lowest BCUT2D eigenvalue weighted by atomic mass is 9.77. The smallest absolute Gasteiger partial charge is 0.0246 e. The van der Waals surface area contributed by atoms with Crippen molar-refractivity contribution in [1.82, 2.24) is 10.2 Å². The summed E-state index contributed by atoms with van der Waals surface area (Å²) in [4.78, 5) is 2.74. The van der Waals surface area contributed by atoms with Crippen LogP contribution >= 0.6 is 0 Å². The van der Waals surface area contributed by atoms with Gasteiger partial charge in [0, 0.05) is 24.7 Å². The molecule has 17 heavy (non-hydrogen) atoms. The van der Waals surface area contributed by atoms with E-state index in [1.54, 1.807) is 0 Å². The van der Waals surface area contributed by atoms with Gasteiger partial charge in [0.2, 0.25) is 0 Å². The van der Waals surface area contributed by atoms with E-state index in [9.17, 15) is 0 Å². The first-order chi connectivity index (χ1) is 8.00. The highest BCUT2D eigenvalue weighted by Gasteiger charge is 2.35. The molecule has 0 spiro atoms. The SMILES string of the molecule is C[C@@H]1CCC[C@H](C)N1CC1NCCCC1(C)C. The van der Waals surface area contributed by atoms with Crippen LogP contribution in [0.2, 0.25) is 0 Å². The molecule has 0 amide bonds. The van der Waals surface area contributed by atoms with E-state index < -0.39 is 0 Å². The molecule has 0 bridgehead atoms. The molecule has 1 unspecified atom stereocenters. The molecule has 0 aromatic rings. The first-order valence-corrected chi connectivity index (χ1v) is 7.50. The number of piperidine rings is 2. The normalized spacial score (nSPS) is 39.2. The average molecular weight is 238 g/mol. The Hall–Kier alpha value is -0.0800. The summed E-state index contributed by atoms with van der Waals surface area (Å²) in [5, 5.41) is 3.76. The number of nitrogens with one attached hydrogen (secondary N) is 1. The second kappa shape index (κ2) is 5.27. The molecule has 1 N–H and O–H groups in total. The van der Waals surface area contributed by atoms with Gasteiger partial charge in [-0.1, -0.05) is 20.3 Å². The van der Waals surface area contributed by atoms with Gasteiger partial charge in [-0.05, 0) is 51.5 Å². The third-order valence-corrected chi connectivity index (χ3v) is 5.10. The molecule has 0 radical (unpaired) electrons. The Morgan fingerprint density at radius 3 is 2.35 bits per heavy atom. The van der Waals surface area contributed by atoms with Crippen LogP contribution in [-0.2, 0) is 0 Å². The van der Waals surface area contributed by atoms with E-state index in [2.05, 4.69) is 37.9 Å². The van der Waals surface area contributed by atoms with Crippen molar-refractivity contribution in [3.63, 3.8) is 0 Å². The second-order valence-corrected chi connectivity index (χ2v) is 6.92. The first-order valence-electron chi connectivity index (χ1n) is 7.50. The molecule has 0 aliphatic carbocycles. The minimum absolute atomic E-state index is 0.467. The molecule has 0 aromatic carbocycles. The van der Waals surface area contributed by atoms with Crippen LogP contribution in [-0.4, -0.2) is 36.1 Å². The molecular weight excluding hydrogens is 208 g/mol. The molecular formula is C15H30N2. The number of hydrogen-bond acceptors (Lipinski definition) is 2. The topological polar surface area (TPSA) is 15.3 Å². The van der Waals surface area contributed by atoms with E-state index in [0.717, 1.165) is 12.1 Å². The summed E-state index contributed by atoms with van der Waals surface area (Å²) in [6.07, 6.45) is 6.91. The van der Waals surface area contributed by atoms with Crippen LogP contribution in [0, 0.1) is 5.41 Å². The van der Waals surface area contributed by atoms with E-state index >= 15 is 0 Å². The zero-order chi connectivity index (χ0) is 12.5. The minimum Gasteiger partial charge on any atom is -0.312 e. The lowest BCUT2D eigenvalue weighted by Gasteiger charge is -2.46. The van der Waals surface area contributed by atoms with Crippen LogP contribution < -0.4 is 5.32 Å². The van der Waals surface area contributed by atoms with Gasteiger partial charge in [-0.3, -0.25) is 4.90 Å². The van der Waals surface area contributed by atoms with Crippen molar-refractivity contribution < 1.29 is 0 Å². The van der Waals surface area contributed by atoms with Crippen molar-refractivity contribution in [1.29, 1.82) is 0 Å². The lowest BCUT2D eigenvalue weighted by molar-refractivity contribution is 0.0539. The Kier molecular flexibility index (Phi) is 4.14. The van der Waals surface area contributed by atoms with Gasteiger partial charge in [0.1, 0.15) is 0 Å². The zero-order valence-corrected chi connectivity index (χ0v) is 12.1. The van der Waals surface area contributed by atoms with E-state index in [0.29, 0.717) is 11.5 Å². The number of likely N-dealkylation sites (tertiary alicyclic amines) is 1. The summed E-state index contributed by atoms with van der Waals surface area (Å²) in [5.41, 5.74) is 0.467. The fourth-order valence-corrected chi connectivity index (χ4v) is 3.63. The van der Waals surface area contributed by atoms with Gasteiger partial charge < -0.3 is 5.32 Å². The highest BCUT2D eigenvalue weighted by Crippen LogP contribution is 2.32. The number of rotatable bonds is 2.